The van der Waals surface area contributed by atoms with Crippen molar-refractivity contribution in [1.82, 2.24) is 0 Å². The first-order chi connectivity index (χ1) is 6.77. The van der Waals surface area contributed by atoms with Crippen molar-refractivity contribution < 1.29 is 14.3 Å². The van der Waals surface area contributed by atoms with Gasteiger partial charge in [0.15, 0.2) is 12.3 Å². The van der Waals surface area contributed by atoms with Crippen molar-refractivity contribution in [2.45, 2.75) is 6.04 Å². The van der Waals surface area contributed by atoms with Crippen molar-refractivity contribution in [1.29, 1.82) is 0 Å². The average molecular weight is 193 g/mol. The van der Waals surface area contributed by atoms with Gasteiger partial charge in [-0.3, -0.25) is 0 Å². The highest BCUT2D eigenvalue weighted by Gasteiger charge is 2.17. The molecular weight excluding hydrogens is 182 g/mol. The molecular formula is C10H11NO3. The highest BCUT2D eigenvalue weighted by molar-refractivity contribution is 5.95. The highest BCUT2D eigenvalue weighted by Crippen LogP contribution is 2.06. The van der Waals surface area contributed by atoms with Crippen LogP contribution in [0.15, 0.2) is 30.3 Å². The van der Waals surface area contributed by atoms with E-state index < -0.39 is 12.0 Å². The van der Waals surface area contributed by atoms with E-state index in [4.69, 9.17) is 0 Å². The minimum atomic E-state index is -0.942. The molecule has 14 heavy (non-hydrogen) atoms. The van der Waals surface area contributed by atoms with Gasteiger partial charge in [-0.15, -0.1) is 0 Å². The van der Waals surface area contributed by atoms with Crippen LogP contribution < -0.4 is 5.32 Å². The van der Waals surface area contributed by atoms with Crippen molar-refractivity contribution in [3.63, 3.8) is 0 Å². The molecule has 1 aromatic rings. The standard InChI is InChI=1S/C10H11NO3/c1-14-10(13)9(7-12)11-8-5-3-2-4-6-8/h2-7,9,11H,1H3. The number of nitrogens with one attached hydrogen (secondary N) is 1. The third-order valence-electron chi connectivity index (χ3n) is 1.69. The van der Waals surface area contributed by atoms with Crippen LogP contribution in [0.25, 0.3) is 0 Å². The number of anilines is 1. The lowest BCUT2D eigenvalue weighted by Gasteiger charge is -2.11. The molecule has 0 amide bonds. The van der Waals surface area contributed by atoms with Gasteiger partial charge in [-0.2, -0.15) is 0 Å². The summed E-state index contributed by atoms with van der Waals surface area (Å²) < 4.78 is 4.44. The smallest absolute Gasteiger partial charge is 0.335 e. The molecule has 0 aliphatic heterocycles. The maximum Gasteiger partial charge on any atom is 0.335 e. The first-order valence-corrected chi connectivity index (χ1v) is 4.12. The van der Waals surface area contributed by atoms with Crippen molar-refractivity contribution in [3.05, 3.63) is 30.3 Å². The van der Waals surface area contributed by atoms with Crippen LogP contribution >= 0.6 is 0 Å². The molecule has 1 N–H and O–H groups in total. The Hall–Kier alpha value is -1.84. The van der Waals surface area contributed by atoms with E-state index in [0.717, 1.165) is 0 Å². The number of para-hydroxylation sites is 1. The lowest BCUT2D eigenvalue weighted by Crippen LogP contribution is -2.31. The molecule has 1 rings (SSSR count). The number of carbonyl (C=O) groups excluding carboxylic acids is 2. The van der Waals surface area contributed by atoms with Crippen LogP contribution in [0.2, 0.25) is 0 Å². The third-order valence-corrected chi connectivity index (χ3v) is 1.69. The molecule has 0 aromatic heterocycles. The minimum Gasteiger partial charge on any atom is -0.467 e. The van der Waals surface area contributed by atoms with Gasteiger partial charge in [-0.25, -0.2) is 4.79 Å². The molecule has 0 bridgehead atoms. The van der Waals surface area contributed by atoms with E-state index >= 15 is 0 Å². The monoisotopic (exact) mass is 193 g/mol. The van der Waals surface area contributed by atoms with Crippen LogP contribution in [-0.2, 0) is 14.3 Å². The Balaban J connectivity index is 2.66. The van der Waals surface area contributed by atoms with E-state index in [-0.39, 0.29) is 0 Å². The number of carbonyl (C=O) groups is 2. The molecule has 74 valence electrons. The number of aldehydes is 1. The minimum absolute atomic E-state index is 0.513. The molecule has 0 aliphatic carbocycles. The van der Waals surface area contributed by atoms with Gasteiger partial charge < -0.3 is 14.8 Å². The van der Waals surface area contributed by atoms with E-state index in [1.54, 1.807) is 12.1 Å². The Kier molecular flexibility index (Phi) is 3.67. The number of hydrogen-bond donors (Lipinski definition) is 1. The van der Waals surface area contributed by atoms with E-state index in [9.17, 15) is 9.59 Å². The summed E-state index contributed by atoms with van der Waals surface area (Å²) >= 11 is 0. The molecule has 0 radical (unpaired) electrons. The molecule has 1 atom stereocenters. The fraction of sp³-hybridized carbons (Fsp3) is 0.200. The first kappa shape index (κ1) is 10.2. The fourth-order valence-electron chi connectivity index (χ4n) is 0.989. The summed E-state index contributed by atoms with van der Waals surface area (Å²) in [4.78, 5) is 21.6. The quantitative estimate of drug-likeness (QED) is 0.437. The second-order valence-electron chi connectivity index (χ2n) is 2.65. The predicted molar refractivity (Wildman–Crippen MR) is 51.9 cm³/mol. The zero-order valence-electron chi connectivity index (χ0n) is 7.77. The molecule has 0 spiro atoms. The summed E-state index contributed by atoms with van der Waals surface area (Å²) in [6.45, 7) is 0. The maximum absolute atomic E-state index is 11.0. The predicted octanol–water partition coefficient (Wildman–Crippen LogP) is 0.839. The van der Waals surface area contributed by atoms with E-state index in [0.29, 0.717) is 12.0 Å². The summed E-state index contributed by atoms with van der Waals surface area (Å²) in [6, 6.07) is 8.04. The van der Waals surface area contributed by atoms with Gasteiger partial charge in [0.2, 0.25) is 0 Å². The van der Waals surface area contributed by atoms with Crippen molar-refractivity contribution in [2.24, 2.45) is 0 Å². The van der Waals surface area contributed by atoms with Gasteiger partial charge in [-0.1, -0.05) is 18.2 Å². The van der Waals surface area contributed by atoms with Gasteiger partial charge in [0, 0.05) is 5.69 Å². The summed E-state index contributed by atoms with van der Waals surface area (Å²) in [5, 5.41) is 2.74. The van der Waals surface area contributed by atoms with Gasteiger partial charge >= 0.3 is 5.97 Å². The number of esters is 1. The summed E-state index contributed by atoms with van der Waals surface area (Å²) in [5.74, 6) is -0.594. The van der Waals surface area contributed by atoms with Gasteiger partial charge in [0.05, 0.1) is 7.11 Å². The molecule has 4 heteroatoms. The van der Waals surface area contributed by atoms with E-state index in [1.165, 1.54) is 7.11 Å². The van der Waals surface area contributed by atoms with Crippen molar-refractivity contribution in [2.75, 3.05) is 12.4 Å². The number of benzene rings is 1. The SMILES string of the molecule is COC(=O)C(C=O)Nc1ccccc1. The van der Waals surface area contributed by atoms with Crippen LogP contribution in [0.4, 0.5) is 5.69 Å². The van der Waals surface area contributed by atoms with Gasteiger partial charge in [0.25, 0.3) is 0 Å². The molecule has 4 nitrogen and oxygen atoms in total. The second kappa shape index (κ2) is 5.01. The number of hydrogen-bond acceptors (Lipinski definition) is 4. The Bertz CT molecular complexity index is 310. The summed E-state index contributed by atoms with van der Waals surface area (Å²) in [5.41, 5.74) is 0.704. The summed E-state index contributed by atoms with van der Waals surface area (Å²) in [6.07, 6.45) is 0.513. The lowest BCUT2D eigenvalue weighted by atomic mass is 10.2. The number of rotatable bonds is 4. The molecule has 0 saturated heterocycles. The Morgan fingerprint density at radius 2 is 2.07 bits per heavy atom. The van der Waals surface area contributed by atoms with Crippen molar-refractivity contribution in [3.8, 4) is 0 Å². The fourth-order valence-corrected chi connectivity index (χ4v) is 0.989. The zero-order valence-corrected chi connectivity index (χ0v) is 7.77. The van der Waals surface area contributed by atoms with E-state index in [1.807, 2.05) is 18.2 Å². The van der Waals surface area contributed by atoms with E-state index in [2.05, 4.69) is 10.1 Å². The highest BCUT2D eigenvalue weighted by atomic mass is 16.5. The molecule has 0 heterocycles. The van der Waals surface area contributed by atoms with Gasteiger partial charge in [-0.05, 0) is 12.1 Å². The normalized spacial score (nSPS) is 11.5. The first-order valence-electron chi connectivity index (χ1n) is 4.12. The number of ether oxygens (including phenoxy) is 1. The Morgan fingerprint density at radius 1 is 1.43 bits per heavy atom. The molecule has 1 aromatic carbocycles. The Morgan fingerprint density at radius 3 is 2.57 bits per heavy atom. The van der Waals surface area contributed by atoms with Crippen LogP contribution in [0, 0.1) is 0 Å². The summed E-state index contributed by atoms with van der Waals surface area (Å²) in [7, 11) is 1.24. The topological polar surface area (TPSA) is 55.4 Å². The molecule has 0 saturated carbocycles. The second-order valence-corrected chi connectivity index (χ2v) is 2.65. The largest absolute Gasteiger partial charge is 0.467 e. The Labute approximate surface area is 81.9 Å². The zero-order chi connectivity index (χ0) is 10.4. The molecule has 1 unspecified atom stereocenters. The maximum atomic E-state index is 11.0. The van der Waals surface area contributed by atoms with Crippen LogP contribution in [-0.4, -0.2) is 25.4 Å². The van der Waals surface area contributed by atoms with Crippen molar-refractivity contribution >= 4 is 17.9 Å². The molecule has 0 aliphatic rings. The van der Waals surface area contributed by atoms with Crippen LogP contribution in [0.3, 0.4) is 0 Å². The van der Waals surface area contributed by atoms with Gasteiger partial charge in [0.1, 0.15) is 0 Å². The number of methoxy groups -OCH3 is 1. The average Bonchev–Trinajstić information content (AvgIpc) is 2.26. The third kappa shape index (κ3) is 2.58. The van der Waals surface area contributed by atoms with Crippen LogP contribution in [0.1, 0.15) is 0 Å². The van der Waals surface area contributed by atoms with Crippen LogP contribution in [0.5, 0.6) is 0 Å². The lowest BCUT2D eigenvalue weighted by molar-refractivity contribution is -0.142. The molecule has 0 fully saturated rings.